The SMILES string of the molecule is COC(=O)N[C@H](C(=O)N1[C@@H]2C[C@@H]2C[C@H]1c1nc2c(ccc3cc(C#Cc4ccc(-c5cnc(C6C[C@H]7C[C@]78NC(C)[C@H](NC(=O)OC)C(=O)N68)[nH]5)cc4)ccc32)[nH]1)C(C)C. The summed E-state index contributed by atoms with van der Waals surface area (Å²) in [5, 5.41) is 11.1. The van der Waals surface area contributed by atoms with Gasteiger partial charge in [-0.05, 0) is 85.7 Å². The number of alkyl carbamates (subject to hydrolysis) is 2. The summed E-state index contributed by atoms with van der Waals surface area (Å²) in [6.07, 6.45) is 4.03. The molecule has 2 unspecified atom stereocenters. The molecule has 10 rings (SSSR count). The topological polar surface area (TPSA) is 187 Å². The van der Waals surface area contributed by atoms with Gasteiger partial charge in [0, 0.05) is 34.5 Å². The molecule has 15 nitrogen and oxygen atoms in total. The predicted octanol–water partition coefficient (Wildman–Crippen LogP) is 5.25. The highest BCUT2D eigenvalue weighted by Gasteiger charge is 2.71. The van der Waals surface area contributed by atoms with E-state index < -0.39 is 29.9 Å². The number of carbonyl (C=O) groups excluding carboxylic acids is 4. The fraction of sp³-hybridized carbons (Fsp3) is 0.422. The Morgan fingerprint density at radius 3 is 2.45 bits per heavy atom. The number of aromatic nitrogens is 4. The number of nitrogens with zero attached hydrogens (tertiary/aromatic N) is 4. The van der Waals surface area contributed by atoms with Crippen molar-refractivity contribution in [3.8, 4) is 23.1 Å². The van der Waals surface area contributed by atoms with Crippen LogP contribution in [0, 0.1) is 29.6 Å². The van der Waals surface area contributed by atoms with Crippen molar-refractivity contribution < 1.29 is 28.7 Å². The van der Waals surface area contributed by atoms with Crippen molar-refractivity contribution in [3.63, 3.8) is 0 Å². The average Bonchev–Trinajstić information content (AvgIpc) is 3.78. The van der Waals surface area contributed by atoms with Gasteiger partial charge in [0.05, 0.1) is 54.9 Å². The van der Waals surface area contributed by atoms with Gasteiger partial charge >= 0.3 is 12.2 Å². The summed E-state index contributed by atoms with van der Waals surface area (Å²) in [6.45, 7) is 5.76. The number of imidazole rings is 2. The molecule has 15 heteroatoms. The van der Waals surface area contributed by atoms with Crippen molar-refractivity contribution in [3.05, 3.63) is 83.6 Å². The largest absolute Gasteiger partial charge is 0.453 e. The van der Waals surface area contributed by atoms with E-state index in [1.807, 2.05) is 67.0 Å². The van der Waals surface area contributed by atoms with Crippen LogP contribution in [0.5, 0.6) is 0 Å². The van der Waals surface area contributed by atoms with E-state index in [-0.39, 0.29) is 41.9 Å². The molecule has 3 saturated heterocycles. The number of fused-ring (bicyclic) bond motifs is 4. The number of H-pyrrole nitrogens is 2. The second-order valence-electron chi connectivity index (χ2n) is 17.3. The first kappa shape index (κ1) is 37.8. The van der Waals surface area contributed by atoms with E-state index >= 15 is 0 Å². The highest BCUT2D eigenvalue weighted by atomic mass is 16.5. The van der Waals surface area contributed by atoms with Crippen LogP contribution in [0.4, 0.5) is 9.59 Å². The molecule has 5 fully saturated rings. The molecule has 5 aromatic rings. The number of nitrogens with one attached hydrogen (secondary N) is 5. The van der Waals surface area contributed by atoms with Gasteiger partial charge in [-0.3, -0.25) is 14.9 Å². The number of ether oxygens (including phenoxy) is 2. The molecule has 9 atom stereocenters. The standard InChI is InChI=1S/C45H47N9O6/c1-22(2)36(50-43(57)59-4)41(55)53-33-17-28(33)18-34(53)40-47-31-15-13-27-16-25(10-14-30(27)38(31)49-40)7-6-24-8-11-26(12-9-24)32-21-46-39(48-32)35-19-29-20-45(29)52-23(3)37(42(56)54(35)45)51-44(58)60-5/h8-16,21-23,28-29,33-37,52H,17-20H2,1-5H3,(H,46,48)(H,47,49)(H,50,57)(H,51,58)/t23?,28-,29+,33-,34+,35?,36+,37+,45-/m1/s1. The zero-order valence-corrected chi connectivity index (χ0v) is 34.0. The molecule has 2 aromatic heterocycles. The molecule has 5 heterocycles. The lowest BCUT2D eigenvalue weighted by molar-refractivity contribution is -0.144. The number of hydrogen-bond acceptors (Lipinski definition) is 9. The fourth-order valence-electron chi connectivity index (χ4n) is 10.1. The first-order chi connectivity index (χ1) is 29.0. The number of hydrogen-bond donors (Lipinski definition) is 5. The van der Waals surface area contributed by atoms with E-state index in [4.69, 9.17) is 19.4 Å². The van der Waals surface area contributed by atoms with E-state index in [0.29, 0.717) is 11.8 Å². The molecule has 308 valence electrons. The van der Waals surface area contributed by atoms with Gasteiger partial charge in [0.15, 0.2) is 0 Å². The maximum absolute atomic E-state index is 13.9. The minimum Gasteiger partial charge on any atom is -0.453 e. The third kappa shape index (κ3) is 6.23. The molecule has 5 aliphatic rings. The number of amides is 4. The lowest BCUT2D eigenvalue weighted by atomic mass is 10.0. The Bertz CT molecular complexity index is 2640. The van der Waals surface area contributed by atoms with Crippen molar-refractivity contribution in [2.24, 2.45) is 17.8 Å². The van der Waals surface area contributed by atoms with Gasteiger partial charge in [-0.2, -0.15) is 0 Å². The Hall–Kier alpha value is -6.40. The second kappa shape index (κ2) is 14.1. The van der Waals surface area contributed by atoms with E-state index in [1.54, 1.807) is 6.20 Å². The van der Waals surface area contributed by atoms with Crippen LogP contribution in [0.25, 0.3) is 33.1 Å². The first-order valence-corrected chi connectivity index (χ1v) is 20.7. The smallest absolute Gasteiger partial charge is 0.407 e. The summed E-state index contributed by atoms with van der Waals surface area (Å²) in [7, 11) is 2.59. The fourth-order valence-corrected chi connectivity index (χ4v) is 10.1. The van der Waals surface area contributed by atoms with Crippen molar-refractivity contribution in [2.45, 2.75) is 88.4 Å². The summed E-state index contributed by atoms with van der Waals surface area (Å²) in [4.78, 5) is 72.4. The van der Waals surface area contributed by atoms with Crippen LogP contribution < -0.4 is 16.0 Å². The molecule has 3 aromatic carbocycles. The maximum Gasteiger partial charge on any atom is 0.407 e. The van der Waals surface area contributed by atoms with E-state index in [1.165, 1.54) is 14.2 Å². The lowest BCUT2D eigenvalue weighted by Crippen LogP contribution is -2.69. The van der Waals surface area contributed by atoms with Gasteiger partial charge in [0.1, 0.15) is 23.7 Å². The Morgan fingerprint density at radius 1 is 0.917 bits per heavy atom. The van der Waals surface area contributed by atoms with Crippen LogP contribution in [0.2, 0.25) is 0 Å². The molecule has 0 radical (unpaired) electrons. The monoisotopic (exact) mass is 809 g/mol. The van der Waals surface area contributed by atoms with Crippen LogP contribution in [-0.4, -0.2) is 97.8 Å². The summed E-state index contributed by atoms with van der Waals surface area (Å²) >= 11 is 0. The molecular formula is C45H47N9O6. The maximum atomic E-state index is 13.9. The minimum atomic E-state index is -0.731. The molecule has 4 amide bonds. The van der Waals surface area contributed by atoms with Crippen LogP contribution in [0.15, 0.2) is 60.8 Å². The van der Waals surface area contributed by atoms with E-state index in [9.17, 15) is 19.2 Å². The van der Waals surface area contributed by atoms with Gasteiger partial charge in [0.2, 0.25) is 11.8 Å². The van der Waals surface area contributed by atoms with Gasteiger partial charge in [-0.1, -0.05) is 50.0 Å². The van der Waals surface area contributed by atoms with Gasteiger partial charge in [-0.25, -0.2) is 19.6 Å². The number of likely N-dealkylation sites (tertiary alicyclic amines) is 1. The summed E-state index contributed by atoms with van der Waals surface area (Å²) in [6, 6.07) is 16.3. The Balaban J connectivity index is 0.835. The molecule has 0 bridgehead atoms. The summed E-state index contributed by atoms with van der Waals surface area (Å²) in [5.41, 5.74) is 4.88. The predicted molar refractivity (Wildman–Crippen MR) is 221 cm³/mol. The van der Waals surface area contributed by atoms with E-state index in [2.05, 4.69) is 56.0 Å². The van der Waals surface area contributed by atoms with Gasteiger partial charge in [-0.15, -0.1) is 0 Å². The summed E-state index contributed by atoms with van der Waals surface area (Å²) < 4.78 is 9.59. The first-order valence-electron chi connectivity index (χ1n) is 20.7. The Morgan fingerprint density at radius 2 is 1.68 bits per heavy atom. The Kier molecular flexibility index (Phi) is 8.90. The minimum absolute atomic E-state index is 0.104. The number of methoxy groups -OCH3 is 2. The van der Waals surface area contributed by atoms with Crippen molar-refractivity contribution in [1.29, 1.82) is 0 Å². The Labute approximate surface area is 346 Å². The van der Waals surface area contributed by atoms with Crippen molar-refractivity contribution in [2.75, 3.05) is 14.2 Å². The third-order valence-corrected chi connectivity index (χ3v) is 13.3. The second-order valence-corrected chi connectivity index (χ2v) is 17.3. The van der Waals surface area contributed by atoms with Gasteiger partial charge < -0.3 is 39.9 Å². The number of rotatable bonds is 7. The van der Waals surface area contributed by atoms with Gasteiger partial charge in [0.25, 0.3) is 0 Å². The number of carbonyl (C=O) groups is 4. The van der Waals surface area contributed by atoms with Crippen LogP contribution >= 0.6 is 0 Å². The molecular weight excluding hydrogens is 763 g/mol. The van der Waals surface area contributed by atoms with Crippen molar-refractivity contribution in [1.82, 2.24) is 45.7 Å². The molecule has 2 aliphatic carbocycles. The lowest BCUT2D eigenvalue weighted by Gasteiger charge is -2.44. The zero-order chi connectivity index (χ0) is 41.6. The average molecular weight is 810 g/mol. The summed E-state index contributed by atoms with van der Waals surface area (Å²) in [5.74, 6) is 8.53. The molecule has 1 spiro atoms. The van der Waals surface area contributed by atoms with Crippen LogP contribution in [-0.2, 0) is 19.1 Å². The third-order valence-electron chi connectivity index (χ3n) is 13.3. The van der Waals surface area contributed by atoms with Crippen molar-refractivity contribution >= 4 is 45.8 Å². The van der Waals surface area contributed by atoms with E-state index in [0.717, 1.165) is 81.5 Å². The number of aromatic amines is 2. The molecule has 60 heavy (non-hydrogen) atoms. The zero-order valence-electron chi connectivity index (χ0n) is 34.0. The quantitative estimate of drug-likeness (QED) is 0.137. The number of benzene rings is 3. The normalized spacial score (nSPS) is 27.8. The molecule has 2 saturated carbocycles. The van der Waals surface area contributed by atoms with Crippen LogP contribution in [0.1, 0.15) is 81.3 Å². The molecule has 3 aliphatic heterocycles. The number of piperidine rings is 2. The highest BCUT2D eigenvalue weighted by Crippen LogP contribution is 2.62. The van der Waals surface area contributed by atoms with Crippen LogP contribution in [0.3, 0.4) is 0 Å². The highest BCUT2D eigenvalue weighted by molar-refractivity contribution is 6.04. The molecule has 5 N–H and O–H groups in total.